The van der Waals surface area contributed by atoms with E-state index in [-0.39, 0.29) is 30.2 Å². The summed E-state index contributed by atoms with van der Waals surface area (Å²) in [6.07, 6.45) is 5.94. The number of hydrogen-bond acceptors (Lipinski definition) is 2. The van der Waals surface area contributed by atoms with Gasteiger partial charge in [0.1, 0.15) is 0 Å². The number of aryl methyl sites for hydroxylation is 3. The number of fused-ring (bicyclic) bond motifs is 1. The van der Waals surface area contributed by atoms with Gasteiger partial charge < -0.3 is 10.2 Å². The SMILES string of the molecule is CCC(NC(=O)C1CC(=O)N(c2ccc(C)cc2)C1)c1ccc2c(c1)CCCC2. The number of rotatable bonds is 5. The van der Waals surface area contributed by atoms with Crippen LogP contribution in [0.1, 0.15) is 60.9 Å². The van der Waals surface area contributed by atoms with Gasteiger partial charge in [0.05, 0.1) is 12.0 Å². The summed E-state index contributed by atoms with van der Waals surface area (Å²) in [4.78, 5) is 27.2. The van der Waals surface area contributed by atoms with E-state index in [4.69, 9.17) is 0 Å². The summed E-state index contributed by atoms with van der Waals surface area (Å²) in [5, 5.41) is 3.22. The third-order valence-electron chi connectivity index (χ3n) is 6.34. The summed E-state index contributed by atoms with van der Waals surface area (Å²) in [5.74, 6) is -0.288. The van der Waals surface area contributed by atoms with Gasteiger partial charge in [-0.2, -0.15) is 0 Å². The second kappa shape index (κ2) is 8.40. The average molecular weight is 391 g/mol. The lowest BCUT2D eigenvalue weighted by Gasteiger charge is -2.23. The Bertz CT molecular complexity index is 904. The zero-order valence-corrected chi connectivity index (χ0v) is 17.4. The molecule has 29 heavy (non-hydrogen) atoms. The molecule has 2 aromatic carbocycles. The Balaban J connectivity index is 1.44. The maximum absolute atomic E-state index is 13.0. The molecule has 0 radical (unpaired) electrons. The van der Waals surface area contributed by atoms with Gasteiger partial charge in [-0.25, -0.2) is 0 Å². The smallest absolute Gasteiger partial charge is 0.227 e. The Morgan fingerprint density at radius 1 is 1.10 bits per heavy atom. The highest BCUT2D eigenvalue weighted by Crippen LogP contribution is 2.28. The minimum absolute atomic E-state index is 0.00162. The summed E-state index contributed by atoms with van der Waals surface area (Å²) in [6, 6.07) is 14.6. The molecule has 1 heterocycles. The van der Waals surface area contributed by atoms with Crippen LogP contribution in [0.4, 0.5) is 5.69 Å². The Labute approximate surface area is 173 Å². The Morgan fingerprint density at radius 3 is 2.55 bits per heavy atom. The van der Waals surface area contributed by atoms with Crippen LogP contribution >= 0.6 is 0 Å². The summed E-state index contributed by atoms with van der Waals surface area (Å²) >= 11 is 0. The van der Waals surface area contributed by atoms with Crippen LogP contribution in [0.25, 0.3) is 0 Å². The first kappa shape index (κ1) is 19.7. The first-order valence-electron chi connectivity index (χ1n) is 10.8. The molecule has 2 unspecified atom stereocenters. The van der Waals surface area contributed by atoms with E-state index in [2.05, 4.69) is 30.4 Å². The number of carbonyl (C=O) groups is 2. The minimum Gasteiger partial charge on any atom is -0.349 e. The lowest BCUT2D eigenvalue weighted by Crippen LogP contribution is -2.35. The first-order valence-corrected chi connectivity index (χ1v) is 10.8. The van der Waals surface area contributed by atoms with Crippen LogP contribution in [0.2, 0.25) is 0 Å². The monoisotopic (exact) mass is 390 g/mol. The molecule has 2 amide bonds. The van der Waals surface area contributed by atoms with Gasteiger partial charge in [0.25, 0.3) is 0 Å². The van der Waals surface area contributed by atoms with Crippen LogP contribution in [-0.4, -0.2) is 18.4 Å². The standard InChI is InChI=1S/C25H30N2O2/c1-3-23(20-11-10-18-6-4-5-7-19(18)14-20)26-25(29)21-15-24(28)27(16-21)22-12-8-17(2)9-13-22/h8-14,21,23H,3-7,15-16H2,1-2H3,(H,26,29). The van der Waals surface area contributed by atoms with E-state index in [0.717, 1.165) is 30.5 Å². The number of carbonyl (C=O) groups excluding carboxylic acids is 2. The number of nitrogens with one attached hydrogen (secondary N) is 1. The van der Waals surface area contributed by atoms with Crippen molar-refractivity contribution in [2.75, 3.05) is 11.4 Å². The molecule has 4 rings (SSSR count). The molecule has 152 valence electrons. The number of nitrogens with zero attached hydrogens (tertiary/aromatic N) is 1. The van der Waals surface area contributed by atoms with Crippen LogP contribution in [0.5, 0.6) is 0 Å². The Morgan fingerprint density at radius 2 is 1.83 bits per heavy atom. The summed E-state index contributed by atoms with van der Waals surface area (Å²) in [7, 11) is 0. The van der Waals surface area contributed by atoms with Crippen molar-refractivity contribution in [2.45, 2.75) is 58.4 Å². The summed E-state index contributed by atoms with van der Waals surface area (Å²) in [5.41, 5.74) is 6.10. The van der Waals surface area contributed by atoms with Gasteiger partial charge in [0.2, 0.25) is 11.8 Å². The lowest BCUT2D eigenvalue weighted by molar-refractivity contribution is -0.127. The fourth-order valence-electron chi connectivity index (χ4n) is 4.54. The van der Waals surface area contributed by atoms with E-state index in [9.17, 15) is 9.59 Å². The second-order valence-electron chi connectivity index (χ2n) is 8.45. The van der Waals surface area contributed by atoms with Crippen LogP contribution < -0.4 is 10.2 Å². The molecule has 2 atom stereocenters. The van der Waals surface area contributed by atoms with Crippen molar-refractivity contribution in [3.8, 4) is 0 Å². The molecule has 0 bridgehead atoms. The van der Waals surface area contributed by atoms with Crippen molar-refractivity contribution in [2.24, 2.45) is 5.92 Å². The molecule has 4 heteroatoms. The number of benzene rings is 2. The largest absolute Gasteiger partial charge is 0.349 e. The third kappa shape index (κ3) is 4.21. The van der Waals surface area contributed by atoms with Crippen molar-refractivity contribution >= 4 is 17.5 Å². The third-order valence-corrected chi connectivity index (χ3v) is 6.34. The molecule has 1 saturated heterocycles. The van der Waals surface area contributed by atoms with Gasteiger partial charge in [0, 0.05) is 18.7 Å². The Hall–Kier alpha value is -2.62. The minimum atomic E-state index is -0.296. The second-order valence-corrected chi connectivity index (χ2v) is 8.45. The van der Waals surface area contributed by atoms with Crippen molar-refractivity contribution in [1.82, 2.24) is 5.32 Å². The quantitative estimate of drug-likeness (QED) is 0.817. The number of hydrogen-bond donors (Lipinski definition) is 1. The van der Waals surface area contributed by atoms with Crippen molar-refractivity contribution < 1.29 is 9.59 Å². The van der Waals surface area contributed by atoms with Crippen LogP contribution in [0.15, 0.2) is 42.5 Å². The highest BCUT2D eigenvalue weighted by molar-refractivity contribution is 6.00. The summed E-state index contributed by atoms with van der Waals surface area (Å²) < 4.78 is 0. The van der Waals surface area contributed by atoms with Gasteiger partial charge in [0.15, 0.2) is 0 Å². The van der Waals surface area contributed by atoms with Gasteiger partial charge in [-0.3, -0.25) is 9.59 Å². The molecule has 0 spiro atoms. The lowest BCUT2D eigenvalue weighted by atomic mass is 9.88. The predicted molar refractivity (Wildman–Crippen MR) is 116 cm³/mol. The van der Waals surface area contributed by atoms with Crippen molar-refractivity contribution in [3.05, 3.63) is 64.7 Å². The van der Waals surface area contributed by atoms with Crippen LogP contribution in [0.3, 0.4) is 0 Å². The molecular formula is C25H30N2O2. The van der Waals surface area contributed by atoms with Gasteiger partial charge >= 0.3 is 0 Å². The average Bonchev–Trinajstić information content (AvgIpc) is 3.14. The zero-order valence-electron chi connectivity index (χ0n) is 17.4. The fourth-order valence-corrected chi connectivity index (χ4v) is 4.54. The number of amides is 2. The van der Waals surface area contributed by atoms with Gasteiger partial charge in [-0.1, -0.05) is 42.8 Å². The fraction of sp³-hybridized carbons (Fsp3) is 0.440. The molecule has 1 fully saturated rings. The molecule has 2 aliphatic rings. The molecule has 0 aromatic heterocycles. The Kier molecular flexibility index (Phi) is 5.70. The molecule has 4 nitrogen and oxygen atoms in total. The van der Waals surface area contributed by atoms with E-state index < -0.39 is 0 Å². The topological polar surface area (TPSA) is 49.4 Å². The normalized spacial score (nSPS) is 19.7. The molecule has 1 aliphatic heterocycles. The van der Waals surface area contributed by atoms with Gasteiger partial charge in [-0.05, 0) is 67.9 Å². The molecular weight excluding hydrogens is 360 g/mol. The molecule has 1 N–H and O–H groups in total. The summed E-state index contributed by atoms with van der Waals surface area (Å²) in [6.45, 7) is 4.58. The van der Waals surface area contributed by atoms with E-state index in [0.29, 0.717) is 6.54 Å². The molecule has 1 aliphatic carbocycles. The van der Waals surface area contributed by atoms with Gasteiger partial charge in [-0.15, -0.1) is 0 Å². The molecule has 2 aromatic rings. The maximum Gasteiger partial charge on any atom is 0.227 e. The highest BCUT2D eigenvalue weighted by atomic mass is 16.2. The van der Waals surface area contributed by atoms with Crippen molar-refractivity contribution in [1.29, 1.82) is 0 Å². The first-order chi connectivity index (χ1) is 14.0. The van der Waals surface area contributed by atoms with Crippen LogP contribution in [-0.2, 0) is 22.4 Å². The van der Waals surface area contributed by atoms with E-state index >= 15 is 0 Å². The molecule has 0 saturated carbocycles. The van der Waals surface area contributed by atoms with Crippen molar-refractivity contribution in [3.63, 3.8) is 0 Å². The predicted octanol–water partition coefficient (Wildman–Crippen LogP) is 4.49. The zero-order chi connectivity index (χ0) is 20.4. The number of anilines is 1. The van der Waals surface area contributed by atoms with E-state index in [1.165, 1.54) is 29.5 Å². The van der Waals surface area contributed by atoms with Crippen LogP contribution in [0, 0.1) is 12.8 Å². The van der Waals surface area contributed by atoms with E-state index in [1.807, 2.05) is 31.2 Å². The highest BCUT2D eigenvalue weighted by Gasteiger charge is 2.35. The van der Waals surface area contributed by atoms with E-state index in [1.54, 1.807) is 4.90 Å². The maximum atomic E-state index is 13.0.